The fourth-order valence-corrected chi connectivity index (χ4v) is 2.81. The molecule has 0 aliphatic heterocycles. The van der Waals surface area contributed by atoms with Crippen molar-refractivity contribution in [2.75, 3.05) is 6.54 Å². The zero-order chi connectivity index (χ0) is 16.5. The molecule has 23 heavy (non-hydrogen) atoms. The summed E-state index contributed by atoms with van der Waals surface area (Å²) in [6.07, 6.45) is 3.69. The molecule has 124 valence electrons. The van der Waals surface area contributed by atoms with Crippen molar-refractivity contribution in [2.45, 2.75) is 46.1 Å². The number of hydrogen-bond acceptors (Lipinski definition) is 4. The Balaban J connectivity index is 1.74. The Morgan fingerprint density at radius 1 is 1.26 bits per heavy atom. The van der Waals surface area contributed by atoms with E-state index in [1.54, 1.807) is 0 Å². The lowest BCUT2D eigenvalue weighted by Gasteiger charge is -2.04. The van der Waals surface area contributed by atoms with Crippen LogP contribution in [0.5, 0.6) is 5.75 Å². The second-order valence-electron chi connectivity index (χ2n) is 5.57. The number of unbranched alkanes of at least 4 members (excludes halogenated alkanes) is 2. The van der Waals surface area contributed by atoms with Gasteiger partial charge < -0.3 is 10.1 Å². The van der Waals surface area contributed by atoms with Crippen molar-refractivity contribution in [2.24, 2.45) is 0 Å². The molecule has 0 atom stereocenters. The smallest absolute Gasteiger partial charge is 0.226 e. The minimum Gasteiger partial charge on any atom is -0.486 e. The van der Waals surface area contributed by atoms with Crippen LogP contribution in [0.4, 0.5) is 0 Å². The van der Waals surface area contributed by atoms with E-state index in [1.165, 1.54) is 16.9 Å². The molecule has 0 spiro atoms. The number of ether oxygens (including phenoxy) is 1. The molecular weight excluding hydrogens is 308 g/mol. The Morgan fingerprint density at radius 3 is 2.78 bits per heavy atom. The monoisotopic (exact) mass is 332 g/mol. The van der Waals surface area contributed by atoms with E-state index in [-0.39, 0.29) is 5.91 Å². The highest BCUT2D eigenvalue weighted by molar-refractivity contribution is 7.09. The molecule has 0 aliphatic carbocycles. The molecule has 0 bridgehead atoms. The maximum atomic E-state index is 11.8. The van der Waals surface area contributed by atoms with Crippen LogP contribution in [-0.2, 0) is 17.8 Å². The SMILES string of the molecule is CCCCCNC(=O)Cc1csc(COc2ccc(C)cc2)n1. The van der Waals surface area contributed by atoms with Gasteiger partial charge in [0.15, 0.2) is 0 Å². The quantitative estimate of drug-likeness (QED) is 0.709. The predicted octanol–water partition coefficient (Wildman–Crippen LogP) is 3.88. The Hall–Kier alpha value is -1.88. The van der Waals surface area contributed by atoms with E-state index >= 15 is 0 Å². The largest absolute Gasteiger partial charge is 0.486 e. The lowest BCUT2D eigenvalue weighted by molar-refractivity contribution is -0.120. The summed E-state index contributed by atoms with van der Waals surface area (Å²) in [6.45, 7) is 5.38. The van der Waals surface area contributed by atoms with Crippen LogP contribution in [0.3, 0.4) is 0 Å². The summed E-state index contributed by atoms with van der Waals surface area (Å²) in [6, 6.07) is 7.94. The fourth-order valence-electron chi connectivity index (χ4n) is 2.11. The van der Waals surface area contributed by atoms with Crippen molar-refractivity contribution in [1.29, 1.82) is 0 Å². The van der Waals surface area contributed by atoms with Gasteiger partial charge in [0.25, 0.3) is 0 Å². The van der Waals surface area contributed by atoms with Crippen molar-refractivity contribution in [3.8, 4) is 5.75 Å². The van der Waals surface area contributed by atoms with E-state index in [0.717, 1.165) is 42.3 Å². The summed E-state index contributed by atoms with van der Waals surface area (Å²) in [7, 11) is 0. The molecule has 1 heterocycles. The highest BCUT2D eigenvalue weighted by Gasteiger charge is 2.08. The van der Waals surface area contributed by atoms with Gasteiger partial charge in [-0.25, -0.2) is 4.98 Å². The van der Waals surface area contributed by atoms with E-state index < -0.39 is 0 Å². The fraction of sp³-hybridized carbons (Fsp3) is 0.444. The number of amides is 1. The highest BCUT2D eigenvalue weighted by Crippen LogP contribution is 2.16. The Bertz CT molecular complexity index is 608. The van der Waals surface area contributed by atoms with Crippen LogP contribution in [0.2, 0.25) is 0 Å². The van der Waals surface area contributed by atoms with Crippen LogP contribution in [0, 0.1) is 6.92 Å². The molecule has 5 heteroatoms. The van der Waals surface area contributed by atoms with Crippen LogP contribution in [0.1, 0.15) is 42.5 Å². The molecule has 0 saturated heterocycles. The van der Waals surface area contributed by atoms with Crippen LogP contribution >= 0.6 is 11.3 Å². The molecular formula is C18H24N2O2S. The molecule has 1 aromatic heterocycles. The van der Waals surface area contributed by atoms with E-state index in [1.807, 2.05) is 36.6 Å². The number of hydrogen-bond donors (Lipinski definition) is 1. The molecule has 1 amide bonds. The average Bonchev–Trinajstić information content (AvgIpc) is 2.98. The number of carbonyl (C=O) groups excluding carboxylic acids is 1. The van der Waals surface area contributed by atoms with Gasteiger partial charge in [-0.2, -0.15) is 0 Å². The van der Waals surface area contributed by atoms with Gasteiger partial charge in [-0.1, -0.05) is 37.5 Å². The van der Waals surface area contributed by atoms with Gasteiger partial charge in [0, 0.05) is 11.9 Å². The number of benzene rings is 1. The number of rotatable bonds is 9. The molecule has 0 radical (unpaired) electrons. The van der Waals surface area contributed by atoms with E-state index in [4.69, 9.17) is 4.74 Å². The molecule has 0 aliphatic rings. The first-order valence-electron chi connectivity index (χ1n) is 8.07. The molecule has 2 rings (SSSR count). The molecule has 2 aromatic rings. The van der Waals surface area contributed by atoms with Crippen molar-refractivity contribution < 1.29 is 9.53 Å². The topological polar surface area (TPSA) is 51.2 Å². The van der Waals surface area contributed by atoms with Gasteiger partial charge in [0.2, 0.25) is 5.91 Å². The third kappa shape index (κ3) is 6.40. The minimum atomic E-state index is 0.0393. The number of nitrogens with one attached hydrogen (secondary N) is 1. The standard InChI is InChI=1S/C18H24N2O2S/c1-3-4-5-10-19-17(21)11-15-13-23-18(20-15)12-22-16-8-6-14(2)7-9-16/h6-9,13H,3-5,10-12H2,1-2H3,(H,19,21). The van der Waals surface area contributed by atoms with Crippen molar-refractivity contribution in [1.82, 2.24) is 10.3 Å². The summed E-state index contributed by atoms with van der Waals surface area (Å²) in [5, 5.41) is 5.75. The normalized spacial score (nSPS) is 10.5. The van der Waals surface area contributed by atoms with Gasteiger partial charge in [-0.15, -0.1) is 11.3 Å². The second kappa shape index (κ2) is 9.30. The van der Waals surface area contributed by atoms with Gasteiger partial charge in [-0.3, -0.25) is 4.79 Å². The Labute approximate surface area is 141 Å². The minimum absolute atomic E-state index is 0.0393. The highest BCUT2D eigenvalue weighted by atomic mass is 32.1. The molecule has 0 saturated carbocycles. The molecule has 4 nitrogen and oxygen atoms in total. The second-order valence-corrected chi connectivity index (χ2v) is 6.51. The number of nitrogens with zero attached hydrogens (tertiary/aromatic N) is 1. The van der Waals surface area contributed by atoms with E-state index in [9.17, 15) is 4.79 Å². The third-order valence-electron chi connectivity index (χ3n) is 3.43. The first-order valence-corrected chi connectivity index (χ1v) is 8.94. The van der Waals surface area contributed by atoms with Crippen LogP contribution in [0.15, 0.2) is 29.6 Å². The first kappa shape index (κ1) is 17.5. The van der Waals surface area contributed by atoms with Crippen molar-refractivity contribution in [3.63, 3.8) is 0 Å². The molecule has 1 aromatic carbocycles. The van der Waals surface area contributed by atoms with Gasteiger partial charge >= 0.3 is 0 Å². The van der Waals surface area contributed by atoms with Gasteiger partial charge in [-0.05, 0) is 25.5 Å². The number of aromatic nitrogens is 1. The molecule has 1 N–H and O–H groups in total. The van der Waals surface area contributed by atoms with Crippen LogP contribution < -0.4 is 10.1 Å². The van der Waals surface area contributed by atoms with E-state index in [2.05, 4.69) is 17.2 Å². The Kier molecular flexibility index (Phi) is 7.07. The summed E-state index contributed by atoms with van der Waals surface area (Å²) >= 11 is 1.53. The van der Waals surface area contributed by atoms with Crippen LogP contribution in [0.25, 0.3) is 0 Å². The molecule has 0 unspecified atom stereocenters. The summed E-state index contributed by atoms with van der Waals surface area (Å²) in [5.74, 6) is 0.874. The first-order chi connectivity index (χ1) is 11.2. The third-order valence-corrected chi connectivity index (χ3v) is 4.30. The zero-order valence-corrected chi connectivity index (χ0v) is 14.6. The number of carbonyl (C=O) groups is 1. The maximum absolute atomic E-state index is 11.8. The predicted molar refractivity (Wildman–Crippen MR) is 93.9 cm³/mol. The van der Waals surface area contributed by atoms with E-state index in [0.29, 0.717) is 13.0 Å². The van der Waals surface area contributed by atoms with Crippen molar-refractivity contribution in [3.05, 3.63) is 45.9 Å². The Morgan fingerprint density at radius 2 is 2.04 bits per heavy atom. The number of thiazole rings is 1. The van der Waals surface area contributed by atoms with Gasteiger partial charge in [0.05, 0.1) is 12.1 Å². The number of aryl methyl sites for hydroxylation is 1. The summed E-state index contributed by atoms with van der Waals surface area (Å²) < 4.78 is 5.70. The zero-order valence-electron chi connectivity index (χ0n) is 13.8. The lowest BCUT2D eigenvalue weighted by atomic mass is 10.2. The summed E-state index contributed by atoms with van der Waals surface area (Å²) in [5.41, 5.74) is 2.02. The lowest BCUT2D eigenvalue weighted by Crippen LogP contribution is -2.26. The maximum Gasteiger partial charge on any atom is 0.226 e. The molecule has 0 fully saturated rings. The van der Waals surface area contributed by atoms with Gasteiger partial charge in [0.1, 0.15) is 17.4 Å². The summed E-state index contributed by atoms with van der Waals surface area (Å²) in [4.78, 5) is 16.3. The average molecular weight is 332 g/mol. The van der Waals surface area contributed by atoms with Crippen molar-refractivity contribution >= 4 is 17.2 Å². The van der Waals surface area contributed by atoms with Crippen LogP contribution in [-0.4, -0.2) is 17.4 Å².